The molecule has 11 nitrogen and oxygen atoms in total. The smallest absolute Gasteiger partial charge is 0.382 e. The number of aromatic nitrogens is 3. The maximum Gasteiger partial charge on any atom is 0.410 e. The number of carbonyl (C=O) groups excluding carboxylic acids is 2. The molecule has 0 radical (unpaired) electrons. The van der Waals surface area contributed by atoms with Crippen molar-refractivity contribution in [3.05, 3.63) is 40.9 Å². The fourth-order valence-electron chi connectivity index (χ4n) is 6.41. The van der Waals surface area contributed by atoms with Crippen LogP contribution in [0.1, 0.15) is 61.0 Å². The summed E-state index contributed by atoms with van der Waals surface area (Å²) in [5.74, 6) is 1.24. The SMILES string of the molecule is COC[C@H](c1ccnc(NC(=O)[C@H]2NC(c3nonc3C3CC3)=C3CC3C2C2CC2)c1)N1C[C@@H](C(F)(F)F)NC1=O. The van der Waals surface area contributed by atoms with Gasteiger partial charge in [0.15, 0.2) is 5.69 Å². The van der Waals surface area contributed by atoms with Gasteiger partial charge in [0.05, 0.1) is 24.9 Å². The van der Waals surface area contributed by atoms with Gasteiger partial charge in [-0.15, -0.1) is 0 Å². The molecule has 1 saturated heterocycles. The lowest BCUT2D eigenvalue weighted by Crippen LogP contribution is -2.48. The van der Waals surface area contributed by atoms with E-state index in [0.717, 1.165) is 48.4 Å². The maximum absolute atomic E-state index is 13.8. The Kier molecular flexibility index (Phi) is 6.21. The second-order valence-electron chi connectivity index (χ2n) is 11.7. The first-order valence-electron chi connectivity index (χ1n) is 13.9. The van der Waals surface area contributed by atoms with E-state index in [4.69, 9.17) is 9.37 Å². The van der Waals surface area contributed by atoms with Crippen molar-refractivity contribution in [2.24, 2.45) is 17.8 Å². The van der Waals surface area contributed by atoms with Crippen molar-refractivity contribution in [3.8, 4) is 0 Å². The van der Waals surface area contributed by atoms with E-state index in [1.807, 2.05) is 5.32 Å². The summed E-state index contributed by atoms with van der Waals surface area (Å²) in [6.45, 7) is -0.578. The van der Waals surface area contributed by atoms with Crippen molar-refractivity contribution in [1.29, 1.82) is 0 Å². The number of urea groups is 1. The Balaban J connectivity index is 1.11. The zero-order valence-corrected chi connectivity index (χ0v) is 22.3. The van der Waals surface area contributed by atoms with Crippen molar-refractivity contribution in [1.82, 2.24) is 30.8 Å². The molecule has 4 fully saturated rings. The van der Waals surface area contributed by atoms with E-state index in [1.165, 1.54) is 18.9 Å². The highest BCUT2D eigenvalue weighted by molar-refractivity contribution is 5.96. The minimum atomic E-state index is -4.57. The number of nitrogens with one attached hydrogen (secondary N) is 3. The third kappa shape index (κ3) is 4.91. The minimum absolute atomic E-state index is 0.0307. The number of allylic oxidation sites excluding steroid dienone is 1. The molecule has 218 valence electrons. The molecule has 3 aliphatic carbocycles. The third-order valence-electron chi connectivity index (χ3n) is 8.82. The van der Waals surface area contributed by atoms with Crippen LogP contribution in [0.2, 0.25) is 0 Å². The number of amides is 3. The molecule has 0 aromatic carbocycles. The fourth-order valence-corrected chi connectivity index (χ4v) is 6.41. The van der Waals surface area contributed by atoms with Gasteiger partial charge in [-0.3, -0.25) is 4.79 Å². The molecule has 3 amide bonds. The maximum atomic E-state index is 13.8. The highest BCUT2D eigenvalue weighted by Crippen LogP contribution is 2.59. The van der Waals surface area contributed by atoms with Gasteiger partial charge in [0.1, 0.15) is 23.6 Å². The molecular formula is C27H30F3N7O4. The second-order valence-corrected chi connectivity index (χ2v) is 11.7. The number of methoxy groups -OCH3 is 1. The topological polar surface area (TPSA) is 135 Å². The number of hydrogen-bond donors (Lipinski definition) is 3. The number of anilines is 1. The van der Waals surface area contributed by atoms with Crippen LogP contribution < -0.4 is 16.0 Å². The molecule has 2 aromatic rings. The number of ether oxygens (including phenoxy) is 1. The number of alkyl halides is 3. The molecule has 0 bridgehead atoms. The van der Waals surface area contributed by atoms with Gasteiger partial charge in [-0.1, -0.05) is 5.16 Å². The summed E-state index contributed by atoms with van der Waals surface area (Å²) in [4.78, 5) is 31.6. The Morgan fingerprint density at radius 3 is 2.73 bits per heavy atom. The number of carbonyl (C=O) groups is 2. The second kappa shape index (κ2) is 9.71. The van der Waals surface area contributed by atoms with E-state index in [1.54, 1.807) is 12.1 Å². The Morgan fingerprint density at radius 2 is 2.05 bits per heavy atom. The van der Waals surface area contributed by atoms with Gasteiger partial charge in [0, 0.05) is 19.2 Å². The standard InChI is InChI=1S/C27H30F3N7O4/c1-40-11-17(37-10-18(27(28,29)30)32-26(37)39)14-6-7-31-19(8-14)33-25(38)23-20(12-2-3-12)15-9-16(15)22(34-23)24-21(13-4-5-13)35-41-36-24/h6-8,12-13,15,17-18,20,23,34H,2-5,9-11H2,1H3,(H,32,39)(H,31,33,38)/t15?,17-,18+,20?,23+/m1/s1. The largest absolute Gasteiger partial charge is 0.410 e. The van der Waals surface area contributed by atoms with Crippen molar-refractivity contribution in [2.75, 3.05) is 25.6 Å². The van der Waals surface area contributed by atoms with Crippen LogP contribution in [0, 0.1) is 17.8 Å². The average molecular weight is 574 g/mol. The van der Waals surface area contributed by atoms with Crippen molar-refractivity contribution in [3.63, 3.8) is 0 Å². The van der Waals surface area contributed by atoms with Crippen LogP contribution in [-0.4, -0.2) is 70.7 Å². The molecule has 14 heteroatoms. The summed E-state index contributed by atoms with van der Waals surface area (Å²) in [5, 5.41) is 16.7. The third-order valence-corrected chi connectivity index (χ3v) is 8.82. The molecule has 5 atom stereocenters. The van der Waals surface area contributed by atoms with Gasteiger partial charge < -0.3 is 25.6 Å². The number of fused-ring (bicyclic) bond motifs is 1. The van der Waals surface area contributed by atoms with E-state index in [0.29, 0.717) is 29.0 Å². The van der Waals surface area contributed by atoms with Crippen molar-refractivity contribution >= 4 is 23.5 Å². The summed E-state index contributed by atoms with van der Waals surface area (Å²) in [6, 6.07) is -0.938. The molecule has 0 spiro atoms. The lowest BCUT2D eigenvalue weighted by molar-refractivity contribution is -0.150. The molecule has 4 heterocycles. The molecule has 2 unspecified atom stereocenters. The number of hydrogen-bond acceptors (Lipinski definition) is 8. The van der Waals surface area contributed by atoms with Gasteiger partial charge in [-0.25, -0.2) is 14.4 Å². The van der Waals surface area contributed by atoms with Crippen LogP contribution in [0.4, 0.5) is 23.8 Å². The molecule has 41 heavy (non-hydrogen) atoms. The molecule has 3 N–H and O–H groups in total. The Morgan fingerprint density at radius 1 is 1.24 bits per heavy atom. The van der Waals surface area contributed by atoms with Crippen molar-refractivity contribution in [2.45, 2.75) is 62.3 Å². The number of rotatable bonds is 9. The van der Waals surface area contributed by atoms with Crippen LogP contribution >= 0.6 is 0 Å². The average Bonchev–Trinajstić information content (AvgIpc) is 3.85. The van der Waals surface area contributed by atoms with Crippen LogP contribution in [-0.2, 0) is 9.53 Å². The predicted octanol–water partition coefficient (Wildman–Crippen LogP) is 3.35. The first-order valence-corrected chi connectivity index (χ1v) is 13.9. The molecule has 2 aromatic heterocycles. The molecule has 2 aliphatic heterocycles. The summed E-state index contributed by atoms with van der Waals surface area (Å²) in [5.41, 5.74) is 4.15. The summed E-state index contributed by atoms with van der Waals surface area (Å²) in [6.07, 6.45) is 2.05. The number of pyridine rings is 1. The molecule has 5 aliphatic rings. The van der Waals surface area contributed by atoms with E-state index in [-0.39, 0.29) is 24.2 Å². The minimum Gasteiger partial charge on any atom is -0.382 e. The zero-order chi connectivity index (χ0) is 28.5. The lowest BCUT2D eigenvalue weighted by Gasteiger charge is -2.32. The van der Waals surface area contributed by atoms with Crippen molar-refractivity contribution < 1.29 is 32.1 Å². The summed E-state index contributed by atoms with van der Waals surface area (Å²) >= 11 is 0. The van der Waals surface area contributed by atoms with Crippen LogP contribution in [0.15, 0.2) is 28.5 Å². The van der Waals surface area contributed by atoms with Crippen LogP contribution in [0.3, 0.4) is 0 Å². The van der Waals surface area contributed by atoms with Crippen LogP contribution in [0.25, 0.3) is 5.70 Å². The van der Waals surface area contributed by atoms with Gasteiger partial charge in [-0.05, 0) is 78.3 Å². The number of halogens is 3. The van der Waals surface area contributed by atoms with Crippen LogP contribution in [0.5, 0.6) is 0 Å². The zero-order valence-electron chi connectivity index (χ0n) is 22.3. The lowest BCUT2D eigenvalue weighted by atomic mass is 9.85. The molecular weight excluding hydrogens is 543 g/mol. The first-order chi connectivity index (χ1) is 19.7. The quantitative estimate of drug-likeness (QED) is 0.416. The van der Waals surface area contributed by atoms with E-state index in [2.05, 4.69) is 25.9 Å². The monoisotopic (exact) mass is 573 g/mol. The van der Waals surface area contributed by atoms with Gasteiger partial charge >= 0.3 is 12.2 Å². The van der Waals surface area contributed by atoms with Gasteiger partial charge in [0.2, 0.25) is 5.91 Å². The Bertz CT molecular complexity index is 1400. The van der Waals surface area contributed by atoms with E-state index < -0.39 is 36.9 Å². The summed E-state index contributed by atoms with van der Waals surface area (Å²) < 4.78 is 50.2. The van der Waals surface area contributed by atoms with E-state index >= 15 is 0 Å². The Labute approximate surface area is 233 Å². The highest BCUT2D eigenvalue weighted by Gasteiger charge is 2.55. The summed E-state index contributed by atoms with van der Waals surface area (Å²) in [7, 11) is 1.41. The Hall–Kier alpha value is -3.68. The number of nitrogens with zero attached hydrogens (tertiary/aromatic N) is 4. The normalized spacial score (nSPS) is 28.2. The highest BCUT2D eigenvalue weighted by atomic mass is 19.4. The van der Waals surface area contributed by atoms with E-state index in [9.17, 15) is 22.8 Å². The molecule has 3 saturated carbocycles. The fraction of sp³-hybridized carbons (Fsp3) is 0.593. The first kappa shape index (κ1) is 26.2. The van der Waals surface area contributed by atoms with Gasteiger partial charge in [0.25, 0.3) is 0 Å². The predicted molar refractivity (Wildman–Crippen MR) is 137 cm³/mol. The van der Waals surface area contributed by atoms with Gasteiger partial charge in [-0.2, -0.15) is 13.2 Å². The molecule has 7 rings (SSSR count).